The second-order valence-electron chi connectivity index (χ2n) is 4.05. The van der Waals surface area contributed by atoms with E-state index in [1.807, 2.05) is 42.5 Å². The van der Waals surface area contributed by atoms with Gasteiger partial charge in [0.2, 0.25) is 0 Å². The Kier molecular flexibility index (Phi) is 4.96. The highest BCUT2D eigenvalue weighted by Gasteiger charge is 2.05. The van der Waals surface area contributed by atoms with Crippen LogP contribution >= 0.6 is 15.9 Å². The van der Waals surface area contributed by atoms with E-state index in [0.29, 0.717) is 0 Å². The zero-order valence-corrected chi connectivity index (χ0v) is 12.2. The molecule has 0 atom stereocenters. The first-order valence-electron chi connectivity index (χ1n) is 5.86. The van der Waals surface area contributed by atoms with Crippen LogP contribution in [0.1, 0.15) is 5.56 Å². The molecule has 0 saturated carbocycles. The van der Waals surface area contributed by atoms with Crippen LogP contribution in [0.25, 0.3) is 11.1 Å². The van der Waals surface area contributed by atoms with Gasteiger partial charge < -0.3 is 14.6 Å². The predicted molar refractivity (Wildman–Crippen MR) is 78.0 cm³/mol. The van der Waals surface area contributed by atoms with Crippen molar-refractivity contribution in [2.45, 2.75) is 6.61 Å². The average Bonchev–Trinajstić information content (AvgIpc) is 2.46. The highest BCUT2D eigenvalue weighted by Crippen LogP contribution is 2.31. The highest BCUT2D eigenvalue weighted by atomic mass is 79.9. The molecule has 0 unspecified atom stereocenters. The number of aliphatic hydroxyl groups excluding tert-OH is 1. The lowest BCUT2D eigenvalue weighted by Crippen LogP contribution is -1.99. The van der Waals surface area contributed by atoms with Gasteiger partial charge in [-0.25, -0.2) is 0 Å². The molecule has 2 aromatic rings. The number of benzene rings is 2. The van der Waals surface area contributed by atoms with Crippen LogP contribution in [-0.2, 0) is 11.3 Å². The molecule has 0 aliphatic rings. The zero-order chi connectivity index (χ0) is 13.7. The first-order chi connectivity index (χ1) is 9.24. The van der Waals surface area contributed by atoms with Crippen LogP contribution in [-0.4, -0.2) is 19.0 Å². The smallest absolute Gasteiger partial charge is 0.188 e. The van der Waals surface area contributed by atoms with Gasteiger partial charge in [-0.15, -0.1) is 0 Å². The van der Waals surface area contributed by atoms with Crippen molar-refractivity contribution in [2.24, 2.45) is 0 Å². The SMILES string of the molecule is COCOc1cc(-c2ccc(CO)cc2)ccc1Br. The third-order valence-electron chi connectivity index (χ3n) is 2.73. The Balaban J connectivity index is 2.28. The minimum Gasteiger partial charge on any atom is -0.466 e. The maximum Gasteiger partial charge on any atom is 0.188 e. The maximum absolute atomic E-state index is 9.04. The summed E-state index contributed by atoms with van der Waals surface area (Å²) in [5.41, 5.74) is 3.03. The molecule has 0 aromatic heterocycles. The van der Waals surface area contributed by atoms with Gasteiger partial charge in [0.05, 0.1) is 11.1 Å². The van der Waals surface area contributed by atoms with E-state index in [0.717, 1.165) is 26.9 Å². The first-order valence-corrected chi connectivity index (χ1v) is 6.65. The van der Waals surface area contributed by atoms with Crippen LogP contribution in [0.2, 0.25) is 0 Å². The minimum atomic E-state index is 0.0584. The van der Waals surface area contributed by atoms with Gasteiger partial charge in [0.15, 0.2) is 6.79 Å². The van der Waals surface area contributed by atoms with Crippen molar-refractivity contribution >= 4 is 15.9 Å². The van der Waals surface area contributed by atoms with E-state index in [1.165, 1.54) is 0 Å². The van der Waals surface area contributed by atoms with Gasteiger partial charge in [-0.3, -0.25) is 0 Å². The first kappa shape index (κ1) is 14.1. The highest BCUT2D eigenvalue weighted by molar-refractivity contribution is 9.10. The van der Waals surface area contributed by atoms with Gasteiger partial charge in [-0.1, -0.05) is 30.3 Å². The molecule has 0 bridgehead atoms. The summed E-state index contributed by atoms with van der Waals surface area (Å²) in [6.07, 6.45) is 0. The Hall–Kier alpha value is -1.36. The molecule has 4 heteroatoms. The summed E-state index contributed by atoms with van der Waals surface area (Å²) in [6.45, 7) is 0.272. The third-order valence-corrected chi connectivity index (χ3v) is 3.39. The van der Waals surface area contributed by atoms with Gasteiger partial charge in [0, 0.05) is 7.11 Å². The van der Waals surface area contributed by atoms with Crippen LogP contribution < -0.4 is 4.74 Å². The Bertz CT molecular complexity index is 538. The molecular weight excluding hydrogens is 308 g/mol. The molecule has 19 heavy (non-hydrogen) atoms. The zero-order valence-electron chi connectivity index (χ0n) is 10.6. The summed E-state index contributed by atoms with van der Waals surface area (Å²) in [5.74, 6) is 0.741. The molecule has 3 nitrogen and oxygen atoms in total. The van der Waals surface area contributed by atoms with Crippen LogP contribution in [0.3, 0.4) is 0 Å². The second kappa shape index (κ2) is 6.70. The molecular formula is C15H15BrO3. The quantitative estimate of drug-likeness (QED) is 0.855. The molecule has 0 aliphatic heterocycles. The lowest BCUT2D eigenvalue weighted by molar-refractivity contribution is 0.0506. The molecule has 0 heterocycles. The van der Waals surface area contributed by atoms with Crippen LogP contribution in [0.5, 0.6) is 5.75 Å². The number of hydrogen-bond acceptors (Lipinski definition) is 3. The van der Waals surface area contributed by atoms with E-state index < -0.39 is 0 Å². The fourth-order valence-electron chi connectivity index (χ4n) is 1.72. The maximum atomic E-state index is 9.04. The van der Waals surface area contributed by atoms with Crippen molar-refractivity contribution in [3.63, 3.8) is 0 Å². The van der Waals surface area contributed by atoms with E-state index in [9.17, 15) is 0 Å². The van der Waals surface area contributed by atoms with Gasteiger partial charge in [0.1, 0.15) is 5.75 Å². The van der Waals surface area contributed by atoms with E-state index in [-0.39, 0.29) is 13.4 Å². The normalized spacial score (nSPS) is 10.5. The topological polar surface area (TPSA) is 38.7 Å². The summed E-state index contributed by atoms with van der Waals surface area (Å²) >= 11 is 3.44. The summed E-state index contributed by atoms with van der Waals surface area (Å²) < 4.78 is 11.3. The molecule has 2 rings (SSSR count). The van der Waals surface area contributed by atoms with E-state index in [1.54, 1.807) is 7.11 Å². The fraction of sp³-hybridized carbons (Fsp3) is 0.200. The van der Waals surface area contributed by atoms with Gasteiger partial charge in [0.25, 0.3) is 0 Å². The van der Waals surface area contributed by atoms with Gasteiger partial charge in [-0.05, 0) is 44.8 Å². The van der Waals surface area contributed by atoms with Crippen molar-refractivity contribution in [1.29, 1.82) is 0 Å². The van der Waals surface area contributed by atoms with Crippen molar-refractivity contribution in [1.82, 2.24) is 0 Å². The van der Waals surface area contributed by atoms with Gasteiger partial charge in [-0.2, -0.15) is 0 Å². The van der Waals surface area contributed by atoms with Crippen LogP contribution in [0.15, 0.2) is 46.9 Å². The number of aliphatic hydroxyl groups is 1. The Morgan fingerprint density at radius 3 is 2.37 bits per heavy atom. The van der Waals surface area contributed by atoms with Crippen molar-refractivity contribution in [3.05, 3.63) is 52.5 Å². The molecule has 0 saturated heterocycles. The number of hydrogen-bond donors (Lipinski definition) is 1. The van der Waals surface area contributed by atoms with Crippen LogP contribution in [0, 0.1) is 0 Å². The van der Waals surface area contributed by atoms with Crippen molar-refractivity contribution in [2.75, 3.05) is 13.9 Å². The fourth-order valence-corrected chi connectivity index (χ4v) is 2.08. The standard InChI is InChI=1S/C15H15BrO3/c1-18-10-19-15-8-13(6-7-14(15)16)12-4-2-11(9-17)3-5-12/h2-8,17H,9-10H2,1H3. The molecule has 100 valence electrons. The monoisotopic (exact) mass is 322 g/mol. The Morgan fingerprint density at radius 2 is 1.74 bits per heavy atom. The lowest BCUT2D eigenvalue weighted by atomic mass is 10.0. The summed E-state index contributed by atoms with van der Waals surface area (Å²) in [7, 11) is 1.59. The van der Waals surface area contributed by atoms with Crippen LogP contribution in [0.4, 0.5) is 0 Å². The summed E-state index contributed by atoms with van der Waals surface area (Å²) in [6, 6.07) is 13.7. The number of ether oxygens (including phenoxy) is 2. The van der Waals surface area contributed by atoms with E-state index in [2.05, 4.69) is 15.9 Å². The Morgan fingerprint density at radius 1 is 1.05 bits per heavy atom. The largest absolute Gasteiger partial charge is 0.466 e. The molecule has 0 spiro atoms. The van der Waals surface area contributed by atoms with Crippen molar-refractivity contribution < 1.29 is 14.6 Å². The minimum absolute atomic E-state index is 0.0584. The molecule has 1 N–H and O–H groups in total. The molecule has 2 aromatic carbocycles. The molecule has 0 aliphatic carbocycles. The predicted octanol–water partition coefficient (Wildman–Crippen LogP) is 3.59. The second-order valence-corrected chi connectivity index (χ2v) is 4.91. The Labute approximate surface area is 120 Å². The third kappa shape index (κ3) is 3.56. The summed E-state index contributed by atoms with van der Waals surface area (Å²) in [4.78, 5) is 0. The lowest BCUT2D eigenvalue weighted by Gasteiger charge is -2.10. The van der Waals surface area contributed by atoms with E-state index in [4.69, 9.17) is 14.6 Å². The molecule has 0 radical (unpaired) electrons. The number of rotatable bonds is 5. The molecule has 0 amide bonds. The summed E-state index contributed by atoms with van der Waals surface area (Å²) in [5, 5.41) is 9.04. The van der Waals surface area contributed by atoms with Gasteiger partial charge >= 0.3 is 0 Å². The van der Waals surface area contributed by atoms with Crippen molar-refractivity contribution in [3.8, 4) is 16.9 Å². The number of halogens is 1. The average molecular weight is 323 g/mol. The molecule has 0 fully saturated rings. The van der Waals surface area contributed by atoms with E-state index >= 15 is 0 Å². The number of methoxy groups -OCH3 is 1.